The molecule has 68 valence electrons. The highest BCUT2D eigenvalue weighted by Crippen LogP contribution is 2.18. The molecule has 0 bridgehead atoms. The highest BCUT2D eigenvalue weighted by atomic mass is 79.9. The van der Waals surface area contributed by atoms with E-state index in [0.29, 0.717) is 11.3 Å². The van der Waals surface area contributed by atoms with Gasteiger partial charge in [0.2, 0.25) is 0 Å². The number of hydrogen-bond donors (Lipinski definition) is 2. The van der Waals surface area contributed by atoms with E-state index in [0.717, 1.165) is 11.8 Å². The van der Waals surface area contributed by atoms with Crippen LogP contribution in [0.15, 0.2) is 18.2 Å². The molecule has 2 nitrogen and oxygen atoms in total. The molecule has 0 aromatic heterocycles. The summed E-state index contributed by atoms with van der Waals surface area (Å²) in [5.41, 5.74) is 6.74. The van der Waals surface area contributed by atoms with Crippen LogP contribution < -0.4 is 5.73 Å². The maximum absolute atomic E-state index is 9.36. The van der Waals surface area contributed by atoms with Crippen LogP contribution in [0.3, 0.4) is 0 Å². The first-order chi connectivity index (χ1) is 6.24. The third kappa shape index (κ3) is 3.00. The Labute approximate surface area is 85.9 Å². The second-order valence-corrected chi connectivity index (χ2v) is 3.31. The number of anilines is 1. The summed E-state index contributed by atoms with van der Waals surface area (Å²) in [5, 5.41) is 10.2. The third-order valence-corrected chi connectivity index (χ3v) is 1.86. The van der Waals surface area contributed by atoms with Crippen molar-refractivity contribution in [2.45, 2.75) is 6.42 Å². The van der Waals surface area contributed by atoms with E-state index >= 15 is 0 Å². The highest BCUT2D eigenvalue weighted by molar-refractivity contribution is 9.09. The van der Waals surface area contributed by atoms with Crippen LogP contribution in [0.4, 0.5) is 5.69 Å². The summed E-state index contributed by atoms with van der Waals surface area (Å²) in [6.07, 6.45) is 0.758. The van der Waals surface area contributed by atoms with E-state index in [9.17, 15) is 5.11 Å². The van der Waals surface area contributed by atoms with Gasteiger partial charge in [0.1, 0.15) is 5.75 Å². The minimum atomic E-state index is 0.177. The summed E-state index contributed by atoms with van der Waals surface area (Å²) >= 11 is 3.27. The van der Waals surface area contributed by atoms with Gasteiger partial charge in [0.25, 0.3) is 0 Å². The van der Waals surface area contributed by atoms with Gasteiger partial charge in [-0.15, -0.1) is 0 Å². The van der Waals surface area contributed by atoms with Crippen molar-refractivity contribution >= 4 is 21.6 Å². The first kappa shape index (κ1) is 9.94. The highest BCUT2D eigenvalue weighted by Gasteiger charge is 1.96. The molecule has 0 fully saturated rings. The molecule has 1 aromatic carbocycles. The number of alkyl halides is 1. The van der Waals surface area contributed by atoms with Gasteiger partial charge < -0.3 is 10.8 Å². The van der Waals surface area contributed by atoms with E-state index in [4.69, 9.17) is 5.73 Å². The number of halogens is 1. The second kappa shape index (κ2) is 4.78. The molecule has 0 aliphatic carbocycles. The number of nitrogen functional groups attached to an aromatic ring is 1. The Balaban J connectivity index is 2.89. The number of hydrogen-bond acceptors (Lipinski definition) is 2. The van der Waals surface area contributed by atoms with E-state index in [1.807, 2.05) is 0 Å². The number of aromatic hydroxyl groups is 1. The smallest absolute Gasteiger partial charge is 0.131 e. The van der Waals surface area contributed by atoms with Crippen molar-refractivity contribution in [2.75, 3.05) is 11.1 Å². The lowest BCUT2D eigenvalue weighted by atomic mass is 10.2. The van der Waals surface area contributed by atoms with Gasteiger partial charge in [0.15, 0.2) is 0 Å². The largest absolute Gasteiger partial charge is 0.507 e. The zero-order valence-corrected chi connectivity index (χ0v) is 8.63. The second-order valence-electron chi connectivity index (χ2n) is 2.52. The Kier molecular flexibility index (Phi) is 3.66. The van der Waals surface area contributed by atoms with Crippen LogP contribution in [-0.2, 0) is 0 Å². The Morgan fingerprint density at radius 2 is 2.23 bits per heavy atom. The quantitative estimate of drug-likeness (QED) is 0.342. The van der Waals surface area contributed by atoms with E-state index in [1.165, 1.54) is 0 Å². The van der Waals surface area contributed by atoms with Crippen LogP contribution in [-0.4, -0.2) is 10.4 Å². The predicted molar refractivity (Wildman–Crippen MR) is 57.8 cm³/mol. The van der Waals surface area contributed by atoms with Crippen LogP contribution in [0.2, 0.25) is 0 Å². The summed E-state index contributed by atoms with van der Waals surface area (Å²) < 4.78 is 0. The molecule has 0 radical (unpaired) electrons. The fraction of sp³-hybridized carbons (Fsp3) is 0.200. The lowest BCUT2D eigenvalue weighted by Crippen LogP contribution is -1.85. The normalized spacial score (nSPS) is 9.00. The predicted octanol–water partition coefficient (Wildman–Crippen LogP) is 2.11. The maximum Gasteiger partial charge on any atom is 0.131 e. The number of phenolic OH excluding ortho intramolecular Hbond substituents is 1. The molecule has 0 aliphatic rings. The fourth-order valence-electron chi connectivity index (χ4n) is 0.859. The van der Waals surface area contributed by atoms with E-state index < -0.39 is 0 Å². The Hall–Kier alpha value is -1.14. The van der Waals surface area contributed by atoms with Gasteiger partial charge in [0, 0.05) is 17.4 Å². The molecule has 0 saturated heterocycles. The first-order valence-corrected chi connectivity index (χ1v) is 4.99. The van der Waals surface area contributed by atoms with Crippen LogP contribution >= 0.6 is 15.9 Å². The zero-order valence-electron chi connectivity index (χ0n) is 7.05. The van der Waals surface area contributed by atoms with Gasteiger partial charge in [-0.25, -0.2) is 0 Å². The Morgan fingerprint density at radius 1 is 1.46 bits per heavy atom. The lowest BCUT2D eigenvalue weighted by molar-refractivity contribution is 0.474. The molecule has 1 aromatic rings. The molecule has 0 amide bonds. The first-order valence-electron chi connectivity index (χ1n) is 3.87. The molecule has 0 unspecified atom stereocenters. The molecule has 0 atom stereocenters. The van der Waals surface area contributed by atoms with Crippen molar-refractivity contribution in [3.63, 3.8) is 0 Å². The SMILES string of the molecule is Nc1ccc(O)c(C#CCCBr)c1. The monoisotopic (exact) mass is 239 g/mol. The van der Waals surface area contributed by atoms with E-state index in [2.05, 4.69) is 27.8 Å². The van der Waals surface area contributed by atoms with E-state index in [1.54, 1.807) is 18.2 Å². The van der Waals surface area contributed by atoms with Gasteiger partial charge >= 0.3 is 0 Å². The average molecular weight is 240 g/mol. The third-order valence-electron chi connectivity index (χ3n) is 1.46. The zero-order chi connectivity index (χ0) is 9.68. The summed E-state index contributed by atoms with van der Waals surface area (Å²) in [4.78, 5) is 0. The van der Waals surface area contributed by atoms with E-state index in [-0.39, 0.29) is 5.75 Å². The summed E-state index contributed by atoms with van der Waals surface area (Å²) in [6, 6.07) is 4.86. The maximum atomic E-state index is 9.36. The molecule has 0 saturated carbocycles. The average Bonchev–Trinajstić information content (AvgIpc) is 2.11. The van der Waals surface area contributed by atoms with Gasteiger partial charge in [-0.05, 0) is 18.2 Å². The van der Waals surface area contributed by atoms with Crippen molar-refractivity contribution in [1.29, 1.82) is 0 Å². The molecule has 0 spiro atoms. The minimum Gasteiger partial charge on any atom is -0.507 e. The number of benzene rings is 1. The number of phenols is 1. The molecule has 3 heteroatoms. The van der Waals surface area contributed by atoms with Crippen LogP contribution in [0, 0.1) is 11.8 Å². The van der Waals surface area contributed by atoms with Crippen molar-refractivity contribution in [3.05, 3.63) is 23.8 Å². The van der Waals surface area contributed by atoms with Crippen LogP contribution in [0.5, 0.6) is 5.75 Å². The molecular weight excluding hydrogens is 230 g/mol. The lowest BCUT2D eigenvalue weighted by Gasteiger charge is -1.97. The summed E-state index contributed by atoms with van der Waals surface area (Å²) in [6.45, 7) is 0. The molecular formula is C10H10BrNO. The van der Waals surface area contributed by atoms with Gasteiger partial charge in [-0.1, -0.05) is 27.8 Å². The molecule has 13 heavy (non-hydrogen) atoms. The number of rotatable bonds is 1. The van der Waals surface area contributed by atoms with Crippen molar-refractivity contribution in [3.8, 4) is 17.6 Å². The molecule has 1 rings (SSSR count). The minimum absolute atomic E-state index is 0.177. The Bertz CT molecular complexity index is 352. The summed E-state index contributed by atoms with van der Waals surface area (Å²) in [5.74, 6) is 5.93. The van der Waals surface area contributed by atoms with Crippen molar-refractivity contribution in [1.82, 2.24) is 0 Å². The van der Waals surface area contributed by atoms with Crippen molar-refractivity contribution in [2.24, 2.45) is 0 Å². The molecule has 0 aliphatic heterocycles. The van der Waals surface area contributed by atoms with Crippen molar-refractivity contribution < 1.29 is 5.11 Å². The standard InChI is InChI=1S/C10H10BrNO/c11-6-2-1-3-8-7-9(12)4-5-10(8)13/h4-5,7,13H,2,6,12H2. The Morgan fingerprint density at radius 3 is 2.92 bits per heavy atom. The van der Waals surface area contributed by atoms with Gasteiger partial charge in [-0.2, -0.15) is 0 Å². The van der Waals surface area contributed by atoms with Crippen LogP contribution in [0.25, 0.3) is 0 Å². The molecule has 3 N–H and O–H groups in total. The topological polar surface area (TPSA) is 46.2 Å². The molecule has 0 heterocycles. The van der Waals surface area contributed by atoms with Crippen LogP contribution in [0.1, 0.15) is 12.0 Å². The number of nitrogens with two attached hydrogens (primary N) is 1. The fourth-order valence-corrected chi connectivity index (χ4v) is 1.06. The van der Waals surface area contributed by atoms with Gasteiger partial charge in [-0.3, -0.25) is 0 Å². The summed E-state index contributed by atoms with van der Waals surface area (Å²) in [7, 11) is 0. The van der Waals surface area contributed by atoms with Gasteiger partial charge in [0.05, 0.1) is 5.56 Å².